The molecule has 1 aliphatic heterocycles. The normalized spacial score (nSPS) is 22.9. The van der Waals surface area contributed by atoms with E-state index in [1.807, 2.05) is 51.1 Å². The second-order valence-corrected chi connectivity index (χ2v) is 8.71. The van der Waals surface area contributed by atoms with Crippen molar-refractivity contribution in [3.63, 3.8) is 0 Å². The summed E-state index contributed by atoms with van der Waals surface area (Å²) in [5, 5.41) is 2.92. The largest absolute Gasteiger partial charge is 0.324 e. The molecule has 1 aliphatic carbocycles. The van der Waals surface area contributed by atoms with E-state index in [1.54, 1.807) is 0 Å². The van der Waals surface area contributed by atoms with Crippen molar-refractivity contribution in [3.8, 4) is 0 Å². The summed E-state index contributed by atoms with van der Waals surface area (Å²) < 4.78 is 0.929. The zero-order valence-corrected chi connectivity index (χ0v) is 17.5. The molecule has 6 heteroatoms. The van der Waals surface area contributed by atoms with Crippen molar-refractivity contribution >= 4 is 39.3 Å². The number of anilines is 1. The monoisotopic (exact) mass is 432 g/mol. The molecule has 1 saturated heterocycles. The number of aryl methyl sites for hydroxylation is 1. The molecule has 5 nitrogen and oxygen atoms in total. The van der Waals surface area contributed by atoms with Crippen LogP contribution in [0, 0.1) is 24.7 Å². The van der Waals surface area contributed by atoms with Gasteiger partial charge in [0.1, 0.15) is 6.04 Å². The molecule has 2 aliphatic rings. The predicted octanol–water partition coefficient (Wildman–Crippen LogP) is 4.06. The quantitative estimate of drug-likeness (QED) is 0.563. The Morgan fingerprint density at radius 2 is 1.78 bits per heavy atom. The third-order valence-electron chi connectivity index (χ3n) is 5.30. The lowest BCUT2D eigenvalue weighted by atomic mass is 9.85. The Balaban J connectivity index is 1.86. The number of benzene rings is 1. The maximum Gasteiger partial charge on any atom is 0.247 e. The van der Waals surface area contributed by atoms with Crippen molar-refractivity contribution in [2.75, 3.05) is 5.32 Å². The first kappa shape index (κ1) is 19.8. The molecule has 1 heterocycles. The standard InChI is InChI=1S/C21H25BrN2O3/c1-12(2)10-18(19(25)23-17-9-8-14(22)11-13(17)3)24-20(26)15-6-4-5-7-16(15)21(24)27/h4-5,8-9,11-12,15-16,18H,6-7,10H2,1-3H3,(H,23,25). The van der Waals surface area contributed by atoms with E-state index in [4.69, 9.17) is 0 Å². The first-order valence-corrected chi connectivity index (χ1v) is 10.2. The number of nitrogens with one attached hydrogen (secondary N) is 1. The maximum absolute atomic E-state index is 13.1. The lowest BCUT2D eigenvalue weighted by molar-refractivity contribution is -0.147. The molecule has 1 aromatic carbocycles. The van der Waals surface area contributed by atoms with Crippen LogP contribution in [0.25, 0.3) is 0 Å². The topological polar surface area (TPSA) is 66.5 Å². The van der Waals surface area contributed by atoms with Gasteiger partial charge in [0.15, 0.2) is 0 Å². The number of likely N-dealkylation sites (tertiary alicyclic amines) is 1. The minimum Gasteiger partial charge on any atom is -0.324 e. The van der Waals surface area contributed by atoms with E-state index in [-0.39, 0.29) is 35.5 Å². The molecule has 0 radical (unpaired) electrons. The molecule has 0 spiro atoms. The zero-order valence-electron chi connectivity index (χ0n) is 15.9. The molecule has 27 heavy (non-hydrogen) atoms. The summed E-state index contributed by atoms with van der Waals surface area (Å²) >= 11 is 3.41. The minimum absolute atomic E-state index is 0.174. The molecule has 1 N–H and O–H groups in total. The van der Waals surface area contributed by atoms with Crippen molar-refractivity contribution in [3.05, 3.63) is 40.4 Å². The van der Waals surface area contributed by atoms with Crippen LogP contribution in [0.5, 0.6) is 0 Å². The molecule has 0 aromatic heterocycles. The van der Waals surface area contributed by atoms with Gasteiger partial charge in [-0.3, -0.25) is 19.3 Å². The van der Waals surface area contributed by atoms with Gasteiger partial charge in [-0.1, -0.05) is 41.9 Å². The second kappa shape index (κ2) is 7.97. The van der Waals surface area contributed by atoms with E-state index >= 15 is 0 Å². The molecule has 1 aromatic rings. The zero-order chi connectivity index (χ0) is 19.7. The predicted molar refractivity (Wildman–Crippen MR) is 108 cm³/mol. The number of halogens is 1. The fourth-order valence-electron chi connectivity index (χ4n) is 3.89. The fraction of sp³-hybridized carbons (Fsp3) is 0.476. The van der Waals surface area contributed by atoms with E-state index in [2.05, 4.69) is 21.2 Å². The Kier molecular flexibility index (Phi) is 5.84. The van der Waals surface area contributed by atoms with Crippen LogP contribution in [0.2, 0.25) is 0 Å². The van der Waals surface area contributed by atoms with E-state index in [0.717, 1.165) is 10.0 Å². The fourth-order valence-corrected chi connectivity index (χ4v) is 4.37. The van der Waals surface area contributed by atoms with E-state index in [9.17, 15) is 14.4 Å². The van der Waals surface area contributed by atoms with Gasteiger partial charge >= 0.3 is 0 Å². The highest BCUT2D eigenvalue weighted by Gasteiger charge is 2.51. The van der Waals surface area contributed by atoms with Crippen LogP contribution in [-0.2, 0) is 14.4 Å². The Morgan fingerprint density at radius 1 is 1.19 bits per heavy atom. The number of allylic oxidation sites excluding steroid dienone is 2. The van der Waals surface area contributed by atoms with Gasteiger partial charge in [-0.15, -0.1) is 0 Å². The summed E-state index contributed by atoms with van der Waals surface area (Å²) in [5.74, 6) is -1.18. The smallest absolute Gasteiger partial charge is 0.247 e. The lowest BCUT2D eigenvalue weighted by Crippen LogP contribution is -2.48. The average Bonchev–Trinajstić information content (AvgIpc) is 2.86. The van der Waals surface area contributed by atoms with Gasteiger partial charge < -0.3 is 5.32 Å². The number of amides is 3. The summed E-state index contributed by atoms with van der Waals surface area (Å²) in [5.41, 5.74) is 1.60. The van der Waals surface area contributed by atoms with E-state index in [0.29, 0.717) is 24.9 Å². The van der Waals surface area contributed by atoms with E-state index in [1.165, 1.54) is 4.90 Å². The van der Waals surface area contributed by atoms with Crippen molar-refractivity contribution < 1.29 is 14.4 Å². The van der Waals surface area contributed by atoms with Gasteiger partial charge in [0, 0.05) is 10.2 Å². The molecule has 3 atom stereocenters. The number of carbonyl (C=O) groups is 3. The highest BCUT2D eigenvalue weighted by molar-refractivity contribution is 9.10. The summed E-state index contributed by atoms with van der Waals surface area (Å²) in [4.78, 5) is 40.2. The molecule has 0 bridgehead atoms. The van der Waals surface area contributed by atoms with Gasteiger partial charge in [0.2, 0.25) is 17.7 Å². The first-order chi connectivity index (χ1) is 12.8. The van der Waals surface area contributed by atoms with Gasteiger partial charge in [-0.05, 0) is 55.9 Å². The Bertz CT molecular complexity index is 777. The summed E-state index contributed by atoms with van der Waals surface area (Å²) in [6.45, 7) is 5.89. The van der Waals surface area contributed by atoms with Gasteiger partial charge in [0.25, 0.3) is 0 Å². The van der Waals surface area contributed by atoms with Crippen LogP contribution in [-0.4, -0.2) is 28.7 Å². The van der Waals surface area contributed by atoms with Crippen molar-refractivity contribution in [1.29, 1.82) is 0 Å². The average molecular weight is 433 g/mol. The highest BCUT2D eigenvalue weighted by Crippen LogP contribution is 2.37. The second-order valence-electron chi connectivity index (χ2n) is 7.80. The van der Waals surface area contributed by atoms with Gasteiger partial charge in [0.05, 0.1) is 11.8 Å². The SMILES string of the molecule is Cc1cc(Br)ccc1NC(=O)C(CC(C)C)N1C(=O)C2CC=CCC2C1=O. The van der Waals surface area contributed by atoms with Crippen molar-refractivity contribution in [2.45, 2.75) is 46.1 Å². The third-order valence-corrected chi connectivity index (χ3v) is 5.79. The maximum atomic E-state index is 13.1. The first-order valence-electron chi connectivity index (χ1n) is 9.38. The summed E-state index contributed by atoms with van der Waals surface area (Å²) in [7, 11) is 0. The van der Waals surface area contributed by atoms with Crippen LogP contribution >= 0.6 is 15.9 Å². The third kappa shape index (κ3) is 4.00. The Labute approximate surface area is 168 Å². The van der Waals surface area contributed by atoms with Crippen LogP contribution in [0.3, 0.4) is 0 Å². The molecule has 3 amide bonds. The number of fused-ring (bicyclic) bond motifs is 1. The Morgan fingerprint density at radius 3 is 2.30 bits per heavy atom. The van der Waals surface area contributed by atoms with Crippen molar-refractivity contribution in [2.24, 2.45) is 17.8 Å². The van der Waals surface area contributed by atoms with Crippen LogP contribution < -0.4 is 5.32 Å². The highest BCUT2D eigenvalue weighted by atomic mass is 79.9. The summed E-state index contributed by atoms with van der Waals surface area (Å²) in [6, 6.07) is 4.81. The number of carbonyl (C=O) groups excluding carboxylic acids is 3. The molecule has 3 unspecified atom stereocenters. The molecule has 144 valence electrons. The number of nitrogens with zero attached hydrogens (tertiary/aromatic N) is 1. The molecular weight excluding hydrogens is 408 g/mol. The number of hydrogen-bond donors (Lipinski definition) is 1. The molecular formula is C21H25BrN2O3. The van der Waals surface area contributed by atoms with Gasteiger partial charge in [-0.25, -0.2) is 0 Å². The molecule has 3 rings (SSSR count). The van der Waals surface area contributed by atoms with Gasteiger partial charge in [-0.2, -0.15) is 0 Å². The summed E-state index contributed by atoms with van der Waals surface area (Å²) in [6.07, 6.45) is 5.52. The molecule has 0 saturated carbocycles. The number of rotatable bonds is 5. The number of hydrogen-bond acceptors (Lipinski definition) is 3. The lowest BCUT2D eigenvalue weighted by Gasteiger charge is -2.27. The Hall–Kier alpha value is -1.95. The van der Waals surface area contributed by atoms with E-state index < -0.39 is 6.04 Å². The molecule has 1 fully saturated rings. The van der Waals surface area contributed by atoms with Crippen LogP contribution in [0.4, 0.5) is 5.69 Å². The van der Waals surface area contributed by atoms with Crippen LogP contribution in [0.1, 0.15) is 38.7 Å². The number of imide groups is 1. The van der Waals surface area contributed by atoms with Crippen LogP contribution in [0.15, 0.2) is 34.8 Å². The minimum atomic E-state index is -0.779. The van der Waals surface area contributed by atoms with Crippen molar-refractivity contribution in [1.82, 2.24) is 4.90 Å².